The zero-order valence-corrected chi connectivity index (χ0v) is 22.0. The molecule has 2 aliphatic rings. The molecule has 0 aromatic heterocycles. The van der Waals surface area contributed by atoms with Gasteiger partial charge >= 0.3 is 18.1 Å². The van der Waals surface area contributed by atoms with Gasteiger partial charge in [0.2, 0.25) is 0 Å². The van der Waals surface area contributed by atoms with Crippen molar-refractivity contribution < 1.29 is 51.2 Å². The molecule has 0 radical (unpaired) electrons. The Morgan fingerprint density at radius 3 is 1.62 bits per heavy atom. The van der Waals surface area contributed by atoms with Gasteiger partial charge in [0.15, 0.2) is 0 Å². The van der Waals surface area contributed by atoms with E-state index in [-0.39, 0.29) is 18.0 Å². The minimum absolute atomic E-state index is 0.112. The monoisotopic (exact) mass is 582 g/mol. The molecule has 218 valence electrons. The smallest absolute Gasteiger partial charge is 0.420 e. The fraction of sp³-hybridized carbons (Fsp3) is 0.226. The third kappa shape index (κ3) is 8.95. The highest BCUT2D eigenvalue weighted by Crippen LogP contribution is 2.38. The minimum atomic E-state index is -4.88. The van der Waals surface area contributed by atoms with Crippen LogP contribution in [0.4, 0.5) is 13.2 Å². The van der Waals surface area contributed by atoms with Crippen LogP contribution in [-0.4, -0.2) is 50.6 Å². The van der Waals surface area contributed by atoms with Crippen LogP contribution in [0.15, 0.2) is 78.9 Å². The van der Waals surface area contributed by atoms with Gasteiger partial charge in [0.25, 0.3) is 0 Å². The SMILES string of the molecule is O=C(C=Cc1ccc(OCC2CO2)cc1)Oc1ccc(OC(=O)C=Cc2ccc(OCC3CO3)cc2)c(C(F)(F)F)c1. The molecular formula is C31H25F3O8. The summed E-state index contributed by atoms with van der Waals surface area (Å²) in [7, 11) is 0. The predicted molar refractivity (Wildman–Crippen MR) is 144 cm³/mol. The highest BCUT2D eigenvalue weighted by molar-refractivity contribution is 5.90. The maximum Gasteiger partial charge on any atom is 0.420 e. The Bertz CT molecular complexity index is 1450. The van der Waals surface area contributed by atoms with Crippen LogP contribution in [0.25, 0.3) is 12.2 Å². The average Bonchev–Trinajstić information content (AvgIpc) is 3.90. The van der Waals surface area contributed by atoms with E-state index in [1.54, 1.807) is 48.5 Å². The van der Waals surface area contributed by atoms with Gasteiger partial charge in [0.1, 0.15) is 54.0 Å². The van der Waals surface area contributed by atoms with Crippen molar-refractivity contribution in [1.82, 2.24) is 0 Å². The van der Waals surface area contributed by atoms with E-state index in [0.717, 1.165) is 24.3 Å². The fourth-order valence-corrected chi connectivity index (χ4v) is 3.56. The molecule has 2 heterocycles. The molecule has 3 aromatic rings. The molecule has 2 fully saturated rings. The molecule has 3 aromatic carbocycles. The summed E-state index contributed by atoms with van der Waals surface area (Å²) in [4.78, 5) is 24.5. The Labute approximate surface area is 238 Å². The highest BCUT2D eigenvalue weighted by Gasteiger charge is 2.35. The van der Waals surface area contributed by atoms with E-state index in [0.29, 0.717) is 55.1 Å². The van der Waals surface area contributed by atoms with Crippen molar-refractivity contribution in [2.45, 2.75) is 18.4 Å². The molecule has 2 saturated heterocycles. The van der Waals surface area contributed by atoms with Crippen LogP contribution in [0.5, 0.6) is 23.0 Å². The summed E-state index contributed by atoms with van der Waals surface area (Å²) >= 11 is 0. The Balaban J connectivity index is 1.16. The second kappa shape index (κ2) is 12.9. The number of carbonyl (C=O) groups is 2. The van der Waals surface area contributed by atoms with Crippen LogP contribution < -0.4 is 18.9 Å². The van der Waals surface area contributed by atoms with Crippen molar-refractivity contribution in [2.75, 3.05) is 26.4 Å². The third-order valence-corrected chi connectivity index (χ3v) is 5.95. The van der Waals surface area contributed by atoms with Gasteiger partial charge < -0.3 is 28.4 Å². The summed E-state index contributed by atoms with van der Waals surface area (Å²) in [5.74, 6) is -1.74. The van der Waals surface area contributed by atoms with Crippen molar-refractivity contribution in [3.05, 3.63) is 95.6 Å². The van der Waals surface area contributed by atoms with Gasteiger partial charge in [-0.3, -0.25) is 0 Å². The Hall–Kier alpha value is -4.61. The summed E-state index contributed by atoms with van der Waals surface area (Å²) in [5.41, 5.74) is -0.00521. The molecule has 2 unspecified atom stereocenters. The number of rotatable bonds is 12. The number of esters is 2. The Morgan fingerprint density at radius 2 is 1.17 bits per heavy atom. The zero-order chi connectivity index (χ0) is 29.5. The normalized spacial score (nSPS) is 17.7. The van der Waals surface area contributed by atoms with Crippen LogP contribution in [0.1, 0.15) is 16.7 Å². The van der Waals surface area contributed by atoms with Gasteiger partial charge in [-0.15, -0.1) is 0 Å². The van der Waals surface area contributed by atoms with E-state index >= 15 is 0 Å². The lowest BCUT2D eigenvalue weighted by molar-refractivity contribution is -0.141. The number of alkyl halides is 3. The lowest BCUT2D eigenvalue weighted by atomic mass is 10.1. The van der Waals surface area contributed by atoms with Crippen LogP contribution in [0.2, 0.25) is 0 Å². The molecule has 0 aliphatic carbocycles. The lowest BCUT2D eigenvalue weighted by Gasteiger charge is -2.13. The molecule has 8 nitrogen and oxygen atoms in total. The first kappa shape index (κ1) is 28.9. The van der Waals surface area contributed by atoms with Gasteiger partial charge in [0, 0.05) is 12.2 Å². The van der Waals surface area contributed by atoms with Crippen molar-refractivity contribution in [1.29, 1.82) is 0 Å². The first-order valence-corrected chi connectivity index (χ1v) is 12.9. The quantitative estimate of drug-likeness (QED) is 0.120. The second-order valence-corrected chi connectivity index (χ2v) is 9.34. The van der Waals surface area contributed by atoms with Crippen molar-refractivity contribution >= 4 is 24.1 Å². The molecule has 2 atom stereocenters. The maximum atomic E-state index is 13.7. The first-order chi connectivity index (χ1) is 20.2. The van der Waals surface area contributed by atoms with Crippen LogP contribution in [-0.2, 0) is 25.2 Å². The molecule has 11 heteroatoms. The third-order valence-electron chi connectivity index (χ3n) is 5.95. The topological polar surface area (TPSA) is 96.1 Å². The summed E-state index contributed by atoms with van der Waals surface area (Å²) in [6.45, 7) is 2.26. The molecule has 0 N–H and O–H groups in total. The molecule has 0 amide bonds. The van der Waals surface area contributed by atoms with E-state index in [4.69, 9.17) is 28.4 Å². The van der Waals surface area contributed by atoms with Crippen LogP contribution in [0, 0.1) is 0 Å². The first-order valence-electron chi connectivity index (χ1n) is 12.9. The van der Waals surface area contributed by atoms with Gasteiger partial charge in [-0.1, -0.05) is 24.3 Å². The minimum Gasteiger partial charge on any atom is -0.491 e. The predicted octanol–water partition coefficient (Wildman–Crippen LogP) is 5.50. The number of hydrogen-bond donors (Lipinski definition) is 0. The molecule has 0 saturated carbocycles. The number of carbonyl (C=O) groups excluding carboxylic acids is 2. The Kier molecular flexibility index (Phi) is 8.89. The molecule has 0 bridgehead atoms. The van der Waals surface area contributed by atoms with E-state index in [1.165, 1.54) is 12.2 Å². The van der Waals surface area contributed by atoms with Crippen molar-refractivity contribution in [3.63, 3.8) is 0 Å². The van der Waals surface area contributed by atoms with Crippen molar-refractivity contribution in [2.24, 2.45) is 0 Å². The van der Waals surface area contributed by atoms with E-state index in [2.05, 4.69) is 0 Å². The standard InChI is InChI=1S/C31H25F3O8/c32-31(33,34)27-15-24(41-29(35)13-5-20-1-7-22(8-2-20)37-16-25-18-39-25)11-12-28(27)42-30(36)14-6-21-3-9-23(10-4-21)38-17-26-19-40-26/h1-15,25-26H,16-19H2. The Morgan fingerprint density at radius 1 is 0.714 bits per heavy atom. The van der Waals surface area contributed by atoms with Gasteiger partial charge in [-0.25, -0.2) is 9.59 Å². The van der Waals surface area contributed by atoms with E-state index in [9.17, 15) is 22.8 Å². The van der Waals surface area contributed by atoms with Crippen molar-refractivity contribution in [3.8, 4) is 23.0 Å². The zero-order valence-electron chi connectivity index (χ0n) is 22.0. The van der Waals surface area contributed by atoms with Crippen LogP contribution >= 0.6 is 0 Å². The van der Waals surface area contributed by atoms with Gasteiger partial charge in [0.05, 0.1) is 13.2 Å². The fourth-order valence-electron chi connectivity index (χ4n) is 3.56. The number of benzene rings is 3. The van der Waals surface area contributed by atoms with Crippen LogP contribution in [0.3, 0.4) is 0 Å². The van der Waals surface area contributed by atoms with Gasteiger partial charge in [-0.05, 0) is 65.7 Å². The highest BCUT2D eigenvalue weighted by atomic mass is 19.4. The summed E-state index contributed by atoms with van der Waals surface area (Å²) in [6, 6.07) is 16.2. The molecular weight excluding hydrogens is 557 g/mol. The molecule has 42 heavy (non-hydrogen) atoms. The number of ether oxygens (including phenoxy) is 6. The largest absolute Gasteiger partial charge is 0.491 e. The molecule has 0 spiro atoms. The number of epoxide rings is 2. The summed E-state index contributed by atoms with van der Waals surface area (Å²) in [6.07, 6.45) is 0.295. The summed E-state index contributed by atoms with van der Waals surface area (Å²) < 4.78 is 72.4. The number of hydrogen-bond acceptors (Lipinski definition) is 8. The molecule has 5 rings (SSSR count). The maximum absolute atomic E-state index is 13.7. The average molecular weight is 583 g/mol. The summed E-state index contributed by atoms with van der Waals surface area (Å²) in [5, 5.41) is 0. The second-order valence-electron chi connectivity index (χ2n) is 9.34. The van der Waals surface area contributed by atoms with E-state index in [1.807, 2.05) is 0 Å². The van der Waals surface area contributed by atoms with E-state index < -0.39 is 29.4 Å². The van der Waals surface area contributed by atoms with Gasteiger partial charge in [-0.2, -0.15) is 13.2 Å². The molecule has 2 aliphatic heterocycles. The lowest BCUT2D eigenvalue weighted by Crippen LogP contribution is -2.13. The number of halogens is 3.